The van der Waals surface area contributed by atoms with Crippen LogP contribution < -0.4 is 4.46 Å². The van der Waals surface area contributed by atoms with E-state index in [0.29, 0.717) is 5.02 Å². The van der Waals surface area contributed by atoms with Crippen LogP contribution in [0.4, 0.5) is 0 Å². The predicted molar refractivity (Wildman–Crippen MR) is 40.4 cm³/mol. The van der Waals surface area contributed by atoms with E-state index in [1.54, 1.807) is 0 Å². The number of halogens is 1. The van der Waals surface area contributed by atoms with E-state index in [2.05, 4.69) is 0 Å². The first kappa shape index (κ1) is 8.68. The Hall–Kier alpha value is -0.411. The summed E-state index contributed by atoms with van der Waals surface area (Å²) in [7, 11) is 0. The van der Waals surface area contributed by atoms with Crippen LogP contribution in [0, 0.1) is 0 Å². The normalized spacial score (nSPS) is 11.5. The average Bonchev–Trinajstić information content (AvgIpc) is 1.86. The Morgan fingerprint density at radius 3 is 2.36 bits per heavy atom. The third kappa shape index (κ3) is 2.27. The van der Waals surface area contributed by atoms with Crippen LogP contribution >= 0.6 is 11.6 Å². The molecule has 0 bridgehead atoms. The number of hydrogen-bond donors (Lipinski definition) is 1. The Morgan fingerprint density at radius 2 is 2.00 bits per heavy atom. The summed E-state index contributed by atoms with van der Waals surface area (Å²) in [6.07, 6.45) is 0. The van der Waals surface area contributed by atoms with Crippen molar-refractivity contribution in [2.24, 2.45) is 0 Å². The van der Waals surface area contributed by atoms with Gasteiger partial charge < -0.3 is 0 Å². The summed E-state index contributed by atoms with van der Waals surface area (Å²) in [6, 6.07) is 5.51. The van der Waals surface area contributed by atoms with Crippen molar-refractivity contribution in [3.8, 4) is 0 Å². The molecule has 0 aromatic heterocycles. The molecule has 0 amide bonds. The molecular formula is C6H5ClO3Se. The first-order chi connectivity index (χ1) is 5.00. The molecule has 1 aromatic rings. The van der Waals surface area contributed by atoms with Crippen molar-refractivity contribution in [1.82, 2.24) is 0 Å². The van der Waals surface area contributed by atoms with Crippen molar-refractivity contribution in [2.45, 2.75) is 0 Å². The summed E-state index contributed by atoms with van der Waals surface area (Å²) in [5.41, 5.74) is 0. The summed E-state index contributed by atoms with van der Waals surface area (Å²) < 4.78 is 29.6. The third-order valence-electron chi connectivity index (χ3n) is 1.09. The van der Waals surface area contributed by atoms with Crippen molar-refractivity contribution in [2.75, 3.05) is 0 Å². The molecule has 0 atom stereocenters. The van der Waals surface area contributed by atoms with Gasteiger partial charge in [0.1, 0.15) is 0 Å². The van der Waals surface area contributed by atoms with Crippen LogP contribution in [0.1, 0.15) is 0 Å². The minimum atomic E-state index is -4.82. The van der Waals surface area contributed by atoms with Gasteiger partial charge in [-0.15, -0.1) is 0 Å². The summed E-state index contributed by atoms with van der Waals surface area (Å²) in [5, 5.41) is 0.296. The molecule has 1 N–H and O–H groups in total. The fourth-order valence-corrected chi connectivity index (χ4v) is 2.07. The van der Waals surface area contributed by atoms with E-state index in [4.69, 9.17) is 15.8 Å². The van der Waals surface area contributed by atoms with Gasteiger partial charge in [0, 0.05) is 0 Å². The second-order valence-corrected chi connectivity index (χ2v) is 5.35. The van der Waals surface area contributed by atoms with Crippen LogP contribution in [-0.4, -0.2) is 17.2 Å². The van der Waals surface area contributed by atoms with Crippen LogP contribution in [0.5, 0.6) is 0 Å². The molecule has 0 spiro atoms. The summed E-state index contributed by atoms with van der Waals surface area (Å²) in [6.45, 7) is 0. The zero-order valence-electron chi connectivity index (χ0n) is 5.36. The fourth-order valence-electron chi connectivity index (χ4n) is 0.627. The van der Waals surface area contributed by atoms with Crippen LogP contribution in [-0.2, 0) is 7.67 Å². The quantitative estimate of drug-likeness (QED) is 0.719. The van der Waals surface area contributed by atoms with Gasteiger partial charge in [-0.3, -0.25) is 0 Å². The monoisotopic (exact) mass is 240 g/mol. The molecule has 0 unspecified atom stereocenters. The molecule has 1 rings (SSSR count). The molecule has 3 nitrogen and oxygen atoms in total. The molecule has 0 aliphatic carbocycles. The van der Waals surface area contributed by atoms with E-state index < -0.39 is 13.0 Å². The summed E-state index contributed by atoms with van der Waals surface area (Å²) >= 11 is 0.669. The molecule has 1 aromatic carbocycles. The van der Waals surface area contributed by atoms with Crippen molar-refractivity contribution in [3.63, 3.8) is 0 Å². The van der Waals surface area contributed by atoms with Crippen LogP contribution in [0.3, 0.4) is 0 Å². The Kier molecular flexibility index (Phi) is 2.30. The van der Waals surface area contributed by atoms with Crippen molar-refractivity contribution in [1.29, 1.82) is 0 Å². The SMILES string of the molecule is O=[Se](=O)(O)c1cccc(Cl)c1. The van der Waals surface area contributed by atoms with E-state index in [0.717, 1.165) is 0 Å². The van der Waals surface area contributed by atoms with Crippen molar-refractivity contribution < 1.29 is 11.9 Å². The van der Waals surface area contributed by atoms with Gasteiger partial charge in [-0.25, -0.2) is 0 Å². The van der Waals surface area contributed by atoms with E-state index in [1.807, 2.05) is 0 Å². The number of rotatable bonds is 1. The van der Waals surface area contributed by atoms with Crippen LogP contribution in [0.25, 0.3) is 0 Å². The zero-order chi connectivity index (χ0) is 8.48. The molecule has 0 heterocycles. The summed E-state index contributed by atoms with van der Waals surface area (Å²) in [5.74, 6) is 0. The predicted octanol–water partition coefficient (Wildman–Crippen LogP) is 0.339. The third-order valence-corrected chi connectivity index (χ3v) is 3.11. The molecule has 60 valence electrons. The Bertz CT molecular complexity index is 358. The van der Waals surface area contributed by atoms with Gasteiger partial charge in [-0.1, -0.05) is 0 Å². The zero-order valence-corrected chi connectivity index (χ0v) is 7.83. The minimum absolute atomic E-state index is 0.117. The van der Waals surface area contributed by atoms with Gasteiger partial charge in [0.25, 0.3) is 0 Å². The molecule has 0 saturated heterocycles. The van der Waals surface area contributed by atoms with Crippen LogP contribution in [0.15, 0.2) is 24.3 Å². The van der Waals surface area contributed by atoms with Gasteiger partial charge >= 0.3 is 70.2 Å². The summed E-state index contributed by atoms with van der Waals surface area (Å²) in [4.78, 5) is 0. The standard InChI is InChI=1S/C6H5ClO3Se/c7-5-2-1-3-6(4-5)11(8,9)10/h1-4H,(H,8,9,10). The van der Waals surface area contributed by atoms with Gasteiger partial charge in [-0.2, -0.15) is 0 Å². The van der Waals surface area contributed by atoms with E-state index in [1.165, 1.54) is 24.3 Å². The van der Waals surface area contributed by atoms with Gasteiger partial charge in [-0.05, 0) is 0 Å². The molecular weight excluding hydrogens is 234 g/mol. The molecule has 0 aliphatic heterocycles. The molecule has 0 aliphatic rings. The average molecular weight is 240 g/mol. The van der Waals surface area contributed by atoms with Crippen molar-refractivity contribution >= 4 is 29.1 Å². The maximum absolute atomic E-state index is 10.6. The Balaban J connectivity index is 3.28. The van der Waals surface area contributed by atoms with Gasteiger partial charge in [0.2, 0.25) is 0 Å². The molecule has 0 radical (unpaired) electrons. The molecule has 0 fully saturated rings. The van der Waals surface area contributed by atoms with Crippen molar-refractivity contribution in [3.05, 3.63) is 29.3 Å². The first-order valence-corrected chi connectivity index (χ1v) is 6.13. The molecule has 0 saturated carbocycles. The maximum atomic E-state index is 10.6. The first-order valence-electron chi connectivity index (χ1n) is 2.73. The topological polar surface area (TPSA) is 54.4 Å². The van der Waals surface area contributed by atoms with Crippen LogP contribution in [0.2, 0.25) is 5.02 Å². The second kappa shape index (κ2) is 2.91. The number of benzene rings is 1. The Labute approximate surface area is 70.6 Å². The van der Waals surface area contributed by atoms with E-state index >= 15 is 0 Å². The van der Waals surface area contributed by atoms with E-state index in [-0.39, 0.29) is 4.46 Å². The van der Waals surface area contributed by atoms with E-state index in [9.17, 15) is 7.67 Å². The number of hydrogen-bond acceptors (Lipinski definition) is 2. The fraction of sp³-hybridized carbons (Fsp3) is 0. The van der Waals surface area contributed by atoms with Gasteiger partial charge in [0.15, 0.2) is 0 Å². The van der Waals surface area contributed by atoms with Gasteiger partial charge in [0.05, 0.1) is 0 Å². The molecule has 5 heteroatoms. The molecule has 11 heavy (non-hydrogen) atoms. The second-order valence-electron chi connectivity index (χ2n) is 1.93. The Morgan fingerprint density at radius 1 is 1.36 bits per heavy atom.